The molecule has 0 heterocycles. The maximum absolute atomic E-state index is 11.8. The van der Waals surface area contributed by atoms with E-state index in [0.29, 0.717) is 0 Å². The molecule has 0 radical (unpaired) electrons. The first-order chi connectivity index (χ1) is 9.45. The Morgan fingerprint density at radius 1 is 1.20 bits per heavy atom. The number of benzene rings is 1. The number of sulfonamides is 1. The number of hydrogen-bond acceptors (Lipinski definition) is 5. The second kappa shape index (κ2) is 7.61. The van der Waals surface area contributed by atoms with Gasteiger partial charge in [0.1, 0.15) is 0 Å². The van der Waals surface area contributed by atoms with E-state index in [-0.39, 0.29) is 17.9 Å². The van der Waals surface area contributed by atoms with Crippen LogP contribution in [0.15, 0.2) is 35.2 Å². The summed E-state index contributed by atoms with van der Waals surface area (Å²) in [6, 6.07) is 7.73. The highest BCUT2D eigenvalue weighted by Gasteiger charge is 2.14. The molecule has 0 aliphatic rings. The summed E-state index contributed by atoms with van der Waals surface area (Å²) in [5.74, 6) is -0.969. The van der Waals surface area contributed by atoms with Crippen LogP contribution in [-0.4, -0.2) is 40.5 Å². The average molecular weight is 300 g/mol. The van der Waals surface area contributed by atoms with E-state index in [1.807, 2.05) is 0 Å². The molecule has 0 atom stereocenters. The van der Waals surface area contributed by atoms with Crippen LogP contribution in [0.5, 0.6) is 0 Å². The van der Waals surface area contributed by atoms with Crippen molar-refractivity contribution in [2.24, 2.45) is 0 Å². The number of esters is 1. The van der Waals surface area contributed by atoms with E-state index in [2.05, 4.69) is 14.8 Å². The molecular weight excluding hydrogens is 284 g/mol. The number of carbonyl (C=O) groups excluding carboxylic acids is 2. The molecule has 0 aromatic heterocycles. The fourth-order valence-electron chi connectivity index (χ4n) is 1.31. The fraction of sp³-hybridized carbons (Fsp3) is 0.333. The van der Waals surface area contributed by atoms with Crippen molar-refractivity contribution in [2.45, 2.75) is 11.3 Å². The standard InChI is InChI=1S/C12H16N2O5S/c1-19-12(16)7-8-13-11(15)9-14-20(17,18)10-5-3-2-4-6-10/h2-6,14H,7-9H2,1H3,(H,13,15). The Morgan fingerprint density at radius 3 is 2.45 bits per heavy atom. The number of carbonyl (C=O) groups is 2. The summed E-state index contributed by atoms with van der Waals surface area (Å²) in [7, 11) is -2.46. The number of nitrogens with one attached hydrogen (secondary N) is 2. The highest BCUT2D eigenvalue weighted by atomic mass is 32.2. The van der Waals surface area contributed by atoms with Crippen LogP contribution in [0.2, 0.25) is 0 Å². The van der Waals surface area contributed by atoms with Crippen molar-refractivity contribution in [1.82, 2.24) is 10.0 Å². The van der Waals surface area contributed by atoms with Crippen molar-refractivity contribution in [3.8, 4) is 0 Å². The van der Waals surface area contributed by atoms with Gasteiger partial charge < -0.3 is 10.1 Å². The van der Waals surface area contributed by atoms with Crippen LogP contribution >= 0.6 is 0 Å². The van der Waals surface area contributed by atoms with Crippen LogP contribution in [-0.2, 0) is 24.3 Å². The van der Waals surface area contributed by atoms with Gasteiger partial charge >= 0.3 is 5.97 Å². The van der Waals surface area contributed by atoms with Crippen LogP contribution in [0.25, 0.3) is 0 Å². The third-order valence-electron chi connectivity index (χ3n) is 2.36. The van der Waals surface area contributed by atoms with E-state index in [1.165, 1.54) is 19.2 Å². The Labute approximate surface area is 117 Å². The predicted octanol–water partition coefficient (Wildman–Crippen LogP) is -0.356. The van der Waals surface area contributed by atoms with E-state index in [1.54, 1.807) is 18.2 Å². The molecule has 1 rings (SSSR count). The maximum atomic E-state index is 11.8. The third-order valence-corrected chi connectivity index (χ3v) is 3.77. The minimum atomic E-state index is -3.70. The molecule has 1 amide bonds. The van der Waals surface area contributed by atoms with Gasteiger partial charge in [0.25, 0.3) is 0 Å². The smallest absolute Gasteiger partial charge is 0.307 e. The number of ether oxygens (including phenoxy) is 1. The third kappa shape index (κ3) is 5.37. The minimum Gasteiger partial charge on any atom is -0.469 e. The molecule has 0 saturated carbocycles. The number of hydrogen-bond donors (Lipinski definition) is 2. The van der Waals surface area contributed by atoms with Crippen LogP contribution < -0.4 is 10.0 Å². The highest BCUT2D eigenvalue weighted by Crippen LogP contribution is 2.06. The van der Waals surface area contributed by atoms with Gasteiger partial charge in [-0.3, -0.25) is 9.59 Å². The van der Waals surface area contributed by atoms with Gasteiger partial charge in [0, 0.05) is 6.54 Å². The second-order valence-corrected chi connectivity index (χ2v) is 5.58. The molecule has 8 heteroatoms. The minimum absolute atomic E-state index is 0.0354. The quantitative estimate of drug-likeness (QED) is 0.670. The lowest BCUT2D eigenvalue weighted by Crippen LogP contribution is -2.37. The molecule has 2 N–H and O–H groups in total. The summed E-state index contributed by atoms with van der Waals surface area (Å²) >= 11 is 0. The van der Waals surface area contributed by atoms with Gasteiger partial charge in [0.05, 0.1) is 25.0 Å². The Hall–Kier alpha value is -1.93. The normalized spacial score (nSPS) is 10.8. The van der Waals surface area contributed by atoms with Crippen molar-refractivity contribution in [3.63, 3.8) is 0 Å². The zero-order chi connectivity index (χ0) is 15.0. The second-order valence-electron chi connectivity index (χ2n) is 3.81. The summed E-state index contributed by atoms with van der Waals surface area (Å²) in [5, 5.41) is 2.41. The molecule has 7 nitrogen and oxygen atoms in total. The van der Waals surface area contributed by atoms with Gasteiger partial charge in [-0.1, -0.05) is 18.2 Å². The summed E-state index contributed by atoms with van der Waals surface area (Å²) in [6.07, 6.45) is 0.0354. The van der Waals surface area contributed by atoms with Crippen LogP contribution in [0.3, 0.4) is 0 Å². The van der Waals surface area contributed by atoms with E-state index < -0.39 is 28.4 Å². The molecule has 0 fully saturated rings. The molecule has 1 aromatic carbocycles. The molecule has 0 unspecified atom stereocenters. The SMILES string of the molecule is COC(=O)CCNC(=O)CNS(=O)(=O)c1ccccc1. The fourth-order valence-corrected chi connectivity index (χ4v) is 2.32. The van der Waals surface area contributed by atoms with Crippen LogP contribution in [0.4, 0.5) is 0 Å². The molecule has 110 valence electrons. The largest absolute Gasteiger partial charge is 0.469 e. The lowest BCUT2D eigenvalue weighted by atomic mass is 10.4. The molecule has 0 spiro atoms. The van der Waals surface area contributed by atoms with Crippen molar-refractivity contribution in [2.75, 3.05) is 20.2 Å². The number of rotatable bonds is 7. The van der Waals surface area contributed by atoms with Gasteiger partial charge in [-0.15, -0.1) is 0 Å². The zero-order valence-electron chi connectivity index (χ0n) is 11.0. The zero-order valence-corrected chi connectivity index (χ0v) is 11.8. The highest BCUT2D eigenvalue weighted by molar-refractivity contribution is 7.89. The number of amides is 1. The van der Waals surface area contributed by atoms with E-state index in [4.69, 9.17) is 0 Å². The van der Waals surface area contributed by atoms with Crippen LogP contribution in [0.1, 0.15) is 6.42 Å². The summed E-state index contributed by atoms with van der Waals surface area (Å²) in [4.78, 5) is 22.3. The Balaban J connectivity index is 2.39. The van der Waals surface area contributed by atoms with Crippen LogP contribution in [0, 0.1) is 0 Å². The van der Waals surface area contributed by atoms with Gasteiger partial charge in [-0.25, -0.2) is 13.1 Å². The van der Waals surface area contributed by atoms with Gasteiger partial charge in [0.15, 0.2) is 0 Å². The Morgan fingerprint density at radius 2 is 1.85 bits per heavy atom. The summed E-state index contributed by atoms with van der Waals surface area (Å²) < 4.78 is 30.2. The maximum Gasteiger partial charge on any atom is 0.307 e. The first-order valence-corrected chi connectivity index (χ1v) is 7.32. The molecule has 0 bridgehead atoms. The molecule has 1 aromatic rings. The Bertz CT molecular complexity index is 556. The van der Waals surface area contributed by atoms with Crippen molar-refractivity contribution < 1.29 is 22.7 Å². The van der Waals surface area contributed by atoms with Gasteiger partial charge in [-0.05, 0) is 12.1 Å². The lowest BCUT2D eigenvalue weighted by molar-refractivity contribution is -0.140. The van der Waals surface area contributed by atoms with E-state index in [9.17, 15) is 18.0 Å². The summed E-state index contributed by atoms with van der Waals surface area (Å²) in [6.45, 7) is -0.295. The van der Waals surface area contributed by atoms with E-state index in [0.717, 1.165) is 0 Å². The molecule has 20 heavy (non-hydrogen) atoms. The van der Waals surface area contributed by atoms with Gasteiger partial charge in [-0.2, -0.15) is 0 Å². The predicted molar refractivity (Wildman–Crippen MR) is 71.3 cm³/mol. The first-order valence-electron chi connectivity index (χ1n) is 5.84. The molecule has 0 aliphatic heterocycles. The van der Waals surface area contributed by atoms with Crippen molar-refractivity contribution in [1.29, 1.82) is 0 Å². The van der Waals surface area contributed by atoms with E-state index >= 15 is 0 Å². The monoisotopic (exact) mass is 300 g/mol. The van der Waals surface area contributed by atoms with Crippen molar-refractivity contribution >= 4 is 21.9 Å². The lowest BCUT2D eigenvalue weighted by Gasteiger charge is -2.07. The summed E-state index contributed by atoms with van der Waals surface area (Å²) in [5.41, 5.74) is 0. The topological polar surface area (TPSA) is 102 Å². The first kappa shape index (κ1) is 16.1. The number of methoxy groups -OCH3 is 1. The van der Waals surface area contributed by atoms with Gasteiger partial charge in [0.2, 0.25) is 15.9 Å². The molecule has 0 aliphatic carbocycles. The molecule has 0 saturated heterocycles. The Kier molecular flexibility index (Phi) is 6.13. The molecular formula is C12H16N2O5S. The average Bonchev–Trinajstić information content (AvgIpc) is 2.46. The van der Waals surface area contributed by atoms with Crippen molar-refractivity contribution in [3.05, 3.63) is 30.3 Å².